The molecule has 6 nitrogen and oxygen atoms in total. The van der Waals surface area contributed by atoms with Crippen molar-refractivity contribution in [2.24, 2.45) is 0 Å². The van der Waals surface area contributed by atoms with Gasteiger partial charge < -0.3 is 14.6 Å². The maximum Gasteiger partial charge on any atom is 0.313 e. The maximum absolute atomic E-state index is 13.9. The second kappa shape index (κ2) is 8.17. The highest BCUT2D eigenvalue weighted by Crippen LogP contribution is 2.48. The number of nitrogens with zero attached hydrogens (tertiary/aromatic N) is 1. The molecule has 2 aliphatic heterocycles. The van der Waals surface area contributed by atoms with E-state index in [0.29, 0.717) is 47.1 Å². The number of aliphatic carboxylic acids is 1. The molecule has 1 N–H and O–H groups in total. The van der Waals surface area contributed by atoms with Crippen molar-refractivity contribution in [3.8, 4) is 11.5 Å². The van der Waals surface area contributed by atoms with Crippen LogP contribution in [0.25, 0.3) is 0 Å². The lowest BCUT2D eigenvalue weighted by molar-refractivity contribution is -0.139. The molecule has 0 unspecified atom stereocenters. The summed E-state index contributed by atoms with van der Waals surface area (Å²) in [5.74, 6) is -0.970. The van der Waals surface area contributed by atoms with E-state index >= 15 is 0 Å². The summed E-state index contributed by atoms with van der Waals surface area (Å²) in [6, 6.07) is 16.0. The number of carbonyl (C=O) groups excluding carboxylic acids is 1. The average molecular weight is 520 g/mol. The Morgan fingerprint density at radius 1 is 0.941 bits per heavy atom. The van der Waals surface area contributed by atoms with Crippen molar-refractivity contribution in [1.82, 2.24) is 0 Å². The smallest absolute Gasteiger partial charge is 0.313 e. The van der Waals surface area contributed by atoms with Gasteiger partial charge in [0.25, 0.3) is 5.91 Å². The first-order chi connectivity index (χ1) is 16.5. The fourth-order valence-electron chi connectivity index (χ4n) is 5.40. The zero-order valence-corrected chi connectivity index (χ0v) is 19.9. The minimum atomic E-state index is -0.988. The number of carboxylic acids is 1. The Bertz CT molecular complexity index is 1340. The second-order valence-electron chi connectivity index (χ2n) is 8.88. The van der Waals surface area contributed by atoms with Gasteiger partial charge in [0.1, 0.15) is 19.1 Å². The molecule has 3 aromatic rings. The molecule has 1 amide bonds. The summed E-state index contributed by atoms with van der Waals surface area (Å²) in [5, 5.41) is 10.4. The number of benzene rings is 3. The van der Waals surface area contributed by atoms with E-state index in [4.69, 9.17) is 9.47 Å². The van der Waals surface area contributed by atoms with Crippen LogP contribution in [-0.4, -0.2) is 30.2 Å². The summed E-state index contributed by atoms with van der Waals surface area (Å²) in [7, 11) is 0. The summed E-state index contributed by atoms with van der Waals surface area (Å²) < 4.78 is 12.2. The van der Waals surface area contributed by atoms with E-state index in [9.17, 15) is 14.7 Å². The van der Waals surface area contributed by atoms with E-state index in [1.54, 1.807) is 29.2 Å². The second-order valence-corrected chi connectivity index (χ2v) is 9.79. The van der Waals surface area contributed by atoms with Crippen LogP contribution in [0.3, 0.4) is 0 Å². The van der Waals surface area contributed by atoms with Gasteiger partial charge in [-0.1, -0.05) is 28.1 Å². The van der Waals surface area contributed by atoms with Gasteiger partial charge in [0.05, 0.1) is 6.04 Å². The van der Waals surface area contributed by atoms with Crippen molar-refractivity contribution >= 4 is 33.5 Å². The third kappa shape index (κ3) is 3.38. The first kappa shape index (κ1) is 21.2. The van der Waals surface area contributed by atoms with Crippen molar-refractivity contribution < 1.29 is 24.2 Å². The van der Waals surface area contributed by atoms with E-state index in [2.05, 4.69) is 22.0 Å². The highest BCUT2D eigenvalue weighted by molar-refractivity contribution is 9.10. The molecule has 172 valence electrons. The lowest BCUT2D eigenvalue weighted by Crippen LogP contribution is -2.45. The number of hydrogen-bond donors (Lipinski definition) is 1. The minimum absolute atomic E-state index is 0.210. The van der Waals surface area contributed by atoms with E-state index in [1.807, 2.05) is 24.3 Å². The van der Waals surface area contributed by atoms with Crippen LogP contribution in [0.4, 0.5) is 5.69 Å². The molecule has 7 heteroatoms. The first-order valence-electron chi connectivity index (χ1n) is 11.4. The van der Waals surface area contributed by atoms with Crippen LogP contribution < -0.4 is 14.4 Å². The van der Waals surface area contributed by atoms with Gasteiger partial charge in [0.2, 0.25) is 0 Å². The molecule has 2 atom stereocenters. The number of hydrogen-bond acceptors (Lipinski definition) is 4. The summed E-state index contributed by atoms with van der Waals surface area (Å²) in [4.78, 5) is 28.3. The van der Waals surface area contributed by atoms with Gasteiger partial charge in [-0.2, -0.15) is 0 Å². The first-order valence-corrected chi connectivity index (χ1v) is 12.2. The van der Waals surface area contributed by atoms with Crippen LogP contribution in [0.15, 0.2) is 59.1 Å². The Hall–Kier alpha value is -3.32. The number of fused-ring (bicyclic) bond motifs is 3. The van der Waals surface area contributed by atoms with E-state index in [1.165, 1.54) is 11.1 Å². The quantitative estimate of drug-likeness (QED) is 0.509. The molecule has 0 saturated heterocycles. The van der Waals surface area contributed by atoms with Gasteiger partial charge in [-0.15, -0.1) is 0 Å². The minimum Gasteiger partial charge on any atom is -0.486 e. The molecule has 3 aliphatic rings. The van der Waals surface area contributed by atoms with Crippen molar-refractivity contribution in [3.63, 3.8) is 0 Å². The molecule has 0 radical (unpaired) electrons. The van der Waals surface area contributed by atoms with Crippen molar-refractivity contribution in [2.75, 3.05) is 18.1 Å². The van der Waals surface area contributed by atoms with Crippen LogP contribution in [0.1, 0.15) is 51.0 Å². The average Bonchev–Trinajstić information content (AvgIpc) is 3.31. The van der Waals surface area contributed by atoms with Gasteiger partial charge in [-0.25, -0.2) is 0 Å². The fourth-order valence-corrected chi connectivity index (χ4v) is 5.78. The molecule has 0 bridgehead atoms. The standard InChI is InChI=1S/C27H22BrNO5/c28-18-6-8-20-21(14-18)24(27(31)32)25(17-5-9-22-23(13-17)34-11-10-33-22)29(26(20)30)19-7-4-15-2-1-3-16(15)12-19/h4-9,12-14,24-25H,1-3,10-11H2,(H,31,32)/t24-,25+/m1/s1. The maximum atomic E-state index is 13.9. The van der Waals surface area contributed by atoms with Gasteiger partial charge >= 0.3 is 5.97 Å². The lowest BCUT2D eigenvalue weighted by atomic mass is 9.79. The van der Waals surface area contributed by atoms with E-state index in [0.717, 1.165) is 23.7 Å². The van der Waals surface area contributed by atoms with Crippen molar-refractivity contribution in [3.05, 3.63) is 86.9 Å². The number of amides is 1. The lowest BCUT2D eigenvalue weighted by Gasteiger charge is -2.41. The van der Waals surface area contributed by atoms with Crippen molar-refractivity contribution in [2.45, 2.75) is 31.2 Å². The zero-order valence-electron chi connectivity index (χ0n) is 18.3. The van der Waals surface area contributed by atoms with Crippen molar-refractivity contribution in [1.29, 1.82) is 0 Å². The summed E-state index contributed by atoms with van der Waals surface area (Å²) in [6.45, 7) is 0.890. The third-order valence-electron chi connectivity index (χ3n) is 6.93. The summed E-state index contributed by atoms with van der Waals surface area (Å²) >= 11 is 3.45. The molecular formula is C27H22BrNO5. The Morgan fingerprint density at radius 2 is 1.74 bits per heavy atom. The van der Waals surface area contributed by atoms with Gasteiger partial charge in [-0.3, -0.25) is 14.5 Å². The highest BCUT2D eigenvalue weighted by Gasteiger charge is 2.45. The molecule has 6 rings (SSSR count). The Balaban J connectivity index is 1.57. The van der Waals surface area contributed by atoms with Crippen LogP contribution in [0, 0.1) is 0 Å². The fraction of sp³-hybridized carbons (Fsp3) is 0.259. The van der Waals surface area contributed by atoms with Gasteiger partial charge in [0.15, 0.2) is 11.5 Å². The summed E-state index contributed by atoms with van der Waals surface area (Å²) in [5.41, 5.74) is 4.83. The number of anilines is 1. The summed E-state index contributed by atoms with van der Waals surface area (Å²) in [6.07, 6.45) is 3.09. The topological polar surface area (TPSA) is 76.1 Å². The normalized spacial score (nSPS) is 20.6. The zero-order chi connectivity index (χ0) is 23.4. The molecule has 0 aromatic heterocycles. The number of rotatable bonds is 3. The molecule has 3 aromatic carbocycles. The van der Waals surface area contributed by atoms with Crippen LogP contribution in [-0.2, 0) is 17.6 Å². The molecular weight excluding hydrogens is 498 g/mol. The SMILES string of the molecule is O=C(O)[C@@H]1c2cc(Br)ccc2C(=O)N(c2ccc3c(c2)CCC3)[C@H]1c1ccc2c(c1)OCCO2. The van der Waals surface area contributed by atoms with Crippen LogP contribution >= 0.6 is 15.9 Å². The highest BCUT2D eigenvalue weighted by atomic mass is 79.9. The number of halogens is 1. The molecule has 0 fully saturated rings. The van der Waals surface area contributed by atoms with E-state index < -0.39 is 17.9 Å². The Kier molecular flexibility index (Phi) is 5.10. The number of carbonyl (C=O) groups is 2. The monoisotopic (exact) mass is 519 g/mol. The van der Waals surface area contributed by atoms with Gasteiger partial charge in [0, 0.05) is 15.7 Å². The molecule has 1 aliphatic carbocycles. The third-order valence-corrected chi connectivity index (χ3v) is 7.42. The van der Waals surface area contributed by atoms with E-state index in [-0.39, 0.29) is 5.91 Å². The predicted octanol–water partition coefficient (Wildman–Crippen LogP) is 5.28. The Morgan fingerprint density at radius 3 is 2.56 bits per heavy atom. The van der Waals surface area contributed by atoms with Crippen LogP contribution in [0.2, 0.25) is 0 Å². The number of ether oxygens (including phenoxy) is 2. The molecule has 2 heterocycles. The number of aryl methyl sites for hydroxylation is 2. The molecule has 0 spiro atoms. The van der Waals surface area contributed by atoms with Crippen LogP contribution in [0.5, 0.6) is 11.5 Å². The van der Waals surface area contributed by atoms with Gasteiger partial charge in [-0.05, 0) is 84.0 Å². The Labute approximate surface area is 205 Å². The number of carboxylic acid groups (broad SMARTS) is 1. The predicted molar refractivity (Wildman–Crippen MR) is 130 cm³/mol. The molecule has 34 heavy (non-hydrogen) atoms. The largest absolute Gasteiger partial charge is 0.486 e. The molecule has 0 saturated carbocycles.